The smallest absolute Gasteiger partial charge is 0.258 e. The summed E-state index contributed by atoms with van der Waals surface area (Å²) in [5.41, 5.74) is 2.28. The van der Waals surface area contributed by atoms with Crippen LogP contribution in [0.3, 0.4) is 0 Å². The number of carbonyl (C=O) groups excluding carboxylic acids is 1. The highest BCUT2D eigenvalue weighted by Gasteiger charge is 2.20. The zero-order chi connectivity index (χ0) is 18.7. The molecule has 0 aliphatic carbocycles. The summed E-state index contributed by atoms with van der Waals surface area (Å²) in [4.78, 5) is 34.2. The molecule has 0 saturated carbocycles. The topological polar surface area (TPSA) is 66.1 Å². The van der Waals surface area contributed by atoms with Crippen molar-refractivity contribution in [3.05, 3.63) is 75.8 Å². The van der Waals surface area contributed by atoms with Crippen LogP contribution in [0, 0.1) is 0 Å². The fourth-order valence-corrected chi connectivity index (χ4v) is 2.91. The third-order valence-corrected chi connectivity index (χ3v) is 4.48. The minimum Gasteiger partial charge on any atom is -0.329 e. The fourth-order valence-electron chi connectivity index (χ4n) is 2.91. The predicted molar refractivity (Wildman–Crippen MR) is 103 cm³/mol. The number of rotatable bonds is 5. The zero-order valence-corrected chi connectivity index (χ0v) is 15.3. The Kier molecular flexibility index (Phi) is 5.16. The summed E-state index contributed by atoms with van der Waals surface area (Å²) >= 11 is 0. The van der Waals surface area contributed by atoms with Gasteiger partial charge in [-0.05, 0) is 50.1 Å². The van der Waals surface area contributed by atoms with E-state index in [1.807, 2.05) is 50.2 Å². The number of H-pyrrole nitrogens is 1. The van der Waals surface area contributed by atoms with Crippen LogP contribution in [0.4, 0.5) is 0 Å². The number of nitrogens with zero attached hydrogens (tertiary/aromatic N) is 2. The van der Waals surface area contributed by atoms with Crippen LogP contribution in [0.5, 0.6) is 0 Å². The molecule has 0 unspecified atom stereocenters. The molecule has 5 nitrogen and oxygen atoms in total. The Bertz CT molecular complexity index is 974. The lowest BCUT2D eigenvalue weighted by Gasteiger charge is -2.26. The molecule has 2 aromatic carbocycles. The molecule has 1 heterocycles. The number of hydrogen-bond acceptors (Lipinski definition) is 3. The molecule has 134 valence electrons. The molecule has 0 radical (unpaired) electrons. The van der Waals surface area contributed by atoms with Gasteiger partial charge >= 0.3 is 0 Å². The molecule has 0 bridgehead atoms. The first-order chi connectivity index (χ1) is 12.5. The molecule has 3 aromatic rings. The second kappa shape index (κ2) is 7.52. The van der Waals surface area contributed by atoms with E-state index in [0.29, 0.717) is 22.3 Å². The van der Waals surface area contributed by atoms with Crippen molar-refractivity contribution in [3.8, 4) is 0 Å². The maximum atomic E-state index is 12.9. The molecule has 0 atom stereocenters. The van der Waals surface area contributed by atoms with Crippen molar-refractivity contribution in [1.82, 2.24) is 14.9 Å². The van der Waals surface area contributed by atoms with E-state index in [2.05, 4.69) is 16.9 Å². The Balaban J connectivity index is 1.91. The van der Waals surface area contributed by atoms with Crippen molar-refractivity contribution in [2.75, 3.05) is 0 Å². The van der Waals surface area contributed by atoms with Gasteiger partial charge in [-0.2, -0.15) is 0 Å². The van der Waals surface area contributed by atoms with Crippen molar-refractivity contribution < 1.29 is 4.79 Å². The van der Waals surface area contributed by atoms with Crippen molar-refractivity contribution in [3.63, 3.8) is 0 Å². The molecule has 0 saturated heterocycles. The summed E-state index contributed by atoms with van der Waals surface area (Å²) < 4.78 is 0. The van der Waals surface area contributed by atoms with Gasteiger partial charge in [0.05, 0.1) is 17.4 Å². The number of amides is 1. The number of para-hydroxylation sites is 1. The minimum atomic E-state index is -0.186. The Hall–Kier alpha value is -2.95. The Morgan fingerprint density at radius 3 is 2.46 bits per heavy atom. The van der Waals surface area contributed by atoms with Gasteiger partial charge in [0.2, 0.25) is 0 Å². The summed E-state index contributed by atoms with van der Waals surface area (Å²) in [6.07, 6.45) is 0.935. The maximum absolute atomic E-state index is 12.9. The van der Waals surface area contributed by atoms with E-state index in [4.69, 9.17) is 0 Å². The van der Waals surface area contributed by atoms with E-state index in [-0.39, 0.29) is 24.1 Å². The van der Waals surface area contributed by atoms with E-state index in [9.17, 15) is 9.59 Å². The number of aromatic amines is 1. The van der Waals surface area contributed by atoms with Gasteiger partial charge in [0.25, 0.3) is 11.5 Å². The first-order valence-electron chi connectivity index (χ1n) is 8.87. The van der Waals surface area contributed by atoms with Crippen molar-refractivity contribution >= 4 is 16.8 Å². The summed E-state index contributed by atoms with van der Waals surface area (Å²) in [5.74, 6) is 0.416. The van der Waals surface area contributed by atoms with Gasteiger partial charge in [0.15, 0.2) is 0 Å². The van der Waals surface area contributed by atoms with Crippen LogP contribution in [-0.4, -0.2) is 26.8 Å². The lowest BCUT2D eigenvalue weighted by molar-refractivity contribution is 0.0685. The SMILES string of the molecule is CCc1ccc(C(=O)N(Cc2nc3ccccc3c(=O)[nH]2)C(C)C)cc1. The number of hydrogen-bond donors (Lipinski definition) is 1. The van der Waals surface area contributed by atoms with E-state index in [0.717, 1.165) is 6.42 Å². The summed E-state index contributed by atoms with van der Waals surface area (Å²) in [5, 5.41) is 0.550. The highest BCUT2D eigenvalue weighted by Crippen LogP contribution is 2.14. The summed E-state index contributed by atoms with van der Waals surface area (Å²) in [7, 11) is 0. The molecule has 1 aromatic heterocycles. The highest BCUT2D eigenvalue weighted by molar-refractivity contribution is 5.94. The van der Waals surface area contributed by atoms with Gasteiger partial charge in [0.1, 0.15) is 5.82 Å². The largest absolute Gasteiger partial charge is 0.329 e. The van der Waals surface area contributed by atoms with Crippen LogP contribution in [0.1, 0.15) is 42.5 Å². The van der Waals surface area contributed by atoms with Gasteiger partial charge < -0.3 is 9.88 Å². The van der Waals surface area contributed by atoms with Crippen LogP contribution in [0.2, 0.25) is 0 Å². The molecule has 0 fully saturated rings. The average Bonchev–Trinajstić information content (AvgIpc) is 2.65. The molecule has 3 rings (SSSR count). The van der Waals surface area contributed by atoms with Crippen molar-refractivity contribution in [1.29, 1.82) is 0 Å². The van der Waals surface area contributed by atoms with Crippen molar-refractivity contribution in [2.24, 2.45) is 0 Å². The summed E-state index contributed by atoms with van der Waals surface area (Å²) in [6.45, 7) is 6.25. The van der Waals surface area contributed by atoms with E-state index in [1.165, 1.54) is 5.56 Å². The van der Waals surface area contributed by atoms with Gasteiger partial charge in [-0.3, -0.25) is 9.59 Å². The molecular weight excluding hydrogens is 326 g/mol. The van der Waals surface area contributed by atoms with Gasteiger partial charge in [-0.25, -0.2) is 4.98 Å². The maximum Gasteiger partial charge on any atom is 0.258 e. The fraction of sp³-hybridized carbons (Fsp3) is 0.286. The number of fused-ring (bicyclic) bond motifs is 1. The van der Waals surface area contributed by atoms with Crippen LogP contribution >= 0.6 is 0 Å². The van der Waals surface area contributed by atoms with Crippen LogP contribution in [-0.2, 0) is 13.0 Å². The lowest BCUT2D eigenvalue weighted by Crippen LogP contribution is -2.37. The molecule has 1 N–H and O–H groups in total. The van der Waals surface area contributed by atoms with Crippen LogP contribution in [0.15, 0.2) is 53.3 Å². The number of nitrogens with one attached hydrogen (secondary N) is 1. The molecule has 0 aliphatic rings. The molecule has 5 heteroatoms. The number of aromatic nitrogens is 2. The van der Waals surface area contributed by atoms with Gasteiger partial charge in [-0.15, -0.1) is 0 Å². The second-order valence-electron chi connectivity index (χ2n) is 6.61. The van der Waals surface area contributed by atoms with Crippen LogP contribution < -0.4 is 5.56 Å². The Morgan fingerprint density at radius 1 is 1.12 bits per heavy atom. The van der Waals surface area contributed by atoms with E-state index < -0.39 is 0 Å². The Morgan fingerprint density at radius 2 is 1.81 bits per heavy atom. The average molecular weight is 349 g/mol. The third-order valence-electron chi connectivity index (χ3n) is 4.48. The van der Waals surface area contributed by atoms with Gasteiger partial charge in [0, 0.05) is 11.6 Å². The number of benzene rings is 2. The van der Waals surface area contributed by atoms with E-state index >= 15 is 0 Å². The normalized spacial score (nSPS) is 11.1. The highest BCUT2D eigenvalue weighted by atomic mass is 16.2. The van der Waals surface area contributed by atoms with Crippen LogP contribution in [0.25, 0.3) is 10.9 Å². The first-order valence-corrected chi connectivity index (χ1v) is 8.87. The molecule has 1 amide bonds. The second-order valence-corrected chi connectivity index (χ2v) is 6.61. The zero-order valence-electron chi connectivity index (χ0n) is 15.3. The predicted octanol–water partition coefficient (Wildman–Crippen LogP) is 3.54. The molecule has 0 aliphatic heterocycles. The number of carbonyl (C=O) groups is 1. The monoisotopic (exact) mass is 349 g/mol. The van der Waals surface area contributed by atoms with Crippen molar-refractivity contribution in [2.45, 2.75) is 39.8 Å². The lowest BCUT2D eigenvalue weighted by atomic mass is 10.1. The molecule has 26 heavy (non-hydrogen) atoms. The third kappa shape index (κ3) is 3.67. The molecule has 0 spiro atoms. The number of aryl methyl sites for hydroxylation is 1. The minimum absolute atomic E-state index is 0.0230. The standard InChI is InChI=1S/C21H23N3O2/c1-4-15-9-11-16(12-10-15)21(26)24(14(2)3)13-19-22-18-8-6-5-7-17(18)20(25)23-19/h5-12,14H,4,13H2,1-3H3,(H,22,23,25). The molecular formula is C21H23N3O2. The first kappa shape index (κ1) is 17.9. The quantitative estimate of drug-likeness (QED) is 0.766. The van der Waals surface area contributed by atoms with Gasteiger partial charge in [-0.1, -0.05) is 31.2 Å². The summed E-state index contributed by atoms with van der Waals surface area (Å²) in [6, 6.07) is 14.8. The van der Waals surface area contributed by atoms with E-state index in [1.54, 1.807) is 17.0 Å². The Labute approximate surface area is 152 Å².